The molecule has 0 spiro atoms. The number of benzene rings is 2. The van der Waals surface area contributed by atoms with E-state index in [9.17, 15) is 4.79 Å². The van der Waals surface area contributed by atoms with Crippen LogP contribution in [0.25, 0.3) is 0 Å². The van der Waals surface area contributed by atoms with Crippen molar-refractivity contribution in [3.8, 4) is 0 Å². The lowest BCUT2D eigenvalue weighted by Crippen LogP contribution is -2.14. The van der Waals surface area contributed by atoms with Crippen molar-refractivity contribution in [1.82, 2.24) is 10.2 Å². The van der Waals surface area contributed by atoms with Crippen molar-refractivity contribution in [2.24, 2.45) is 0 Å². The first-order valence-corrected chi connectivity index (χ1v) is 10.2. The molecule has 7 heteroatoms. The quantitative estimate of drug-likeness (QED) is 0.391. The summed E-state index contributed by atoms with van der Waals surface area (Å²) in [6.07, 6.45) is 0.673. The minimum absolute atomic E-state index is 0.102. The standard InChI is InChI=1S/C19H18IN3O2S/c1-13(14-6-3-2-4-7-14)10-18-22-23-19(25-18)26-12-17(24)21-16-9-5-8-15(20)11-16/h2-9,11,13H,10,12H2,1H3,(H,21,24). The number of rotatable bonds is 7. The maximum Gasteiger partial charge on any atom is 0.277 e. The van der Waals surface area contributed by atoms with Crippen molar-refractivity contribution in [2.45, 2.75) is 24.5 Å². The molecule has 5 nitrogen and oxygen atoms in total. The van der Waals surface area contributed by atoms with E-state index in [0.717, 1.165) is 9.26 Å². The molecule has 134 valence electrons. The van der Waals surface area contributed by atoms with Gasteiger partial charge in [-0.2, -0.15) is 0 Å². The van der Waals surface area contributed by atoms with E-state index < -0.39 is 0 Å². The number of hydrogen-bond acceptors (Lipinski definition) is 5. The van der Waals surface area contributed by atoms with Gasteiger partial charge in [0, 0.05) is 15.7 Å². The number of aromatic nitrogens is 2. The van der Waals surface area contributed by atoms with E-state index in [4.69, 9.17) is 4.42 Å². The first-order chi connectivity index (χ1) is 12.6. The molecule has 0 saturated carbocycles. The van der Waals surface area contributed by atoms with Crippen LogP contribution < -0.4 is 5.32 Å². The molecular weight excluding hydrogens is 461 g/mol. The molecule has 26 heavy (non-hydrogen) atoms. The van der Waals surface area contributed by atoms with Crippen LogP contribution in [0.3, 0.4) is 0 Å². The van der Waals surface area contributed by atoms with Crippen LogP contribution in [0.15, 0.2) is 64.2 Å². The van der Waals surface area contributed by atoms with E-state index in [1.165, 1.54) is 17.3 Å². The van der Waals surface area contributed by atoms with E-state index in [0.29, 0.717) is 23.5 Å². The Hall–Kier alpha value is -1.87. The Morgan fingerprint density at radius 2 is 2.00 bits per heavy atom. The van der Waals surface area contributed by atoms with Gasteiger partial charge in [-0.05, 0) is 52.3 Å². The summed E-state index contributed by atoms with van der Waals surface area (Å²) in [6, 6.07) is 17.9. The molecule has 0 aliphatic carbocycles. The van der Waals surface area contributed by atoms with Crippen molar-refractivity contribution in [2.75, 3.05) is 11.1 Å². The van der Waals surface area contributed by atoms with E-state index in [2.05, 4.69) is 57.2 Å². The molecule has 0 saturated heterocycles. The molecule has 1 unspecified atom stereocenters. The van der Waals surface area contributed by atoms with Crippen molar-refractivity contribution in [1.29, 1.82) is 0 Å². The Morgan fingerprint density at radius 3 is 2.77 bits per heavy atom. The fraction of sp³-hybridized carbons (Fsp3) is 0.211. The van der Waals surface area contributed by atoms with Crippen LogP contribution in [0.4, 0.5) is 5.69 Å². The summed E-state index contributed by atoms with van der Waals surface area (Å²) in [5, 5.41) is 11.4. The Balaban J connectivity index is 1.50. The third-order valence-corrected chi connectivity index (χ3v) is 5.22. The second-order valence-corrected chi connectivity index (χ2v) is 8.00. The predicted molar refractivity (Wildman–Crippen MR) is 111 cm³/mol. The maximum absolute atomic E-state index is 12.0. The highest BCUT2D eigenvalue weighted by atomic mass is 127. The molecule has 0 aliphatic heterocycles. The average molecular weight is 479 g/mol. The van der Waals surface area contributed by atoms with Crippen molar-refractivity contribution in [3.63, 3.8) is 0 Å². The van der Waals surface area contributed by atoms with Crippen LogP contribution in [0.5, 0.6) is 0 Å². The normalized spacial score (nSPS) is 11.9. The van der Waals surface area contributed by atoms with Crippen LogP contribution in [-0.2, 0) is 11.2 Å². The summed E-state index contributed by atoms with van der Waals surface area (Å²) >= 11 is 3.45. The molecule has 2 aromatic carbocycles. The van der Waals surface area contributed by atoms with Gasteiger partial charge in [-0.1, -0.05) is 55.1 Å². The Kier molecular flexibility index (Phi) is 6.67. The lowest BCUT2D eigenvalue weighted by Gasteiger charge is -2.08. The van der Waals surface area contributed by atoms with Crippen LogP contribution in [0.1, 0.15) is 24.3 Å². The van der Waals surface area contributed by atoms with Gasteiger partial charge in [-0.3, -0.25) is 4.79 Å². The fourth-order valence-corrected chi connectivity index (χ4v) is 3.55. The Morgan fingerprint density at radius 1 is 1.19 bits per heavy atom. The van der Waals surface area contributed by atoms with Gasteiger partial charge in [0.15, 0.2) is 0 Å². The largest absolute Gasteiger partial charge is 0.416 e. The Bertz CT molecular complexity index is 870. The van der Waals surface area contributed by atoms with Gasteiger partial charge in [0.25, 0.3) is 5.22 Å². The number of carbonyl (C=O) groups excluding carboxylic acids is 1. The van der Waals surface area contributed by atoms with Gasteiger partial charge in [-0.25, -0.2) is 0 Å². The van der Waals surface area contributed by atoms with Gasteiger partial charge >= 0.3 is 0 Å². The topological polar surface area (TPSA) is 68.0 Å². The fourth-order valence-electron chi connectivity index (χ4n) is 2.43. The highest BCUT2D eigenvalue weighted by molar-refractivity contribution is 14.1. The summed E-state index contributed by atoms with van der Waals surface area (Å²) in [4.78, 5) is 12.0. The number of nitrogens with zero attached hydrogens (tertiary/aromatic N) is 2. The Labute approximate surface area is 170 Å². The van der Waals surface area contributed by atoms with Crippen LogP contribution >= 0.6 is 34.4 Å². The number of nitrogens with one attached hydrogen (secondary N) is 1. The maximum atomic E-state index is 12.0. The van der Waals surface area contributed by atoms with Crippen molar-refractivity contribution >= 4 is 45.9 Å². The average Bonchev–Trinajstić information content (AvgIpc) is 3.08. The summed E-state index contributed by atoms with van der Waals surface area (Å²) < 4.78 is 6.73. The zero-order chi connectivity index (χ0) is 18.4. The van der Waals surface area contributed by atoms with Gasteiger partial charge in [-0.15, -0.1) is 10.2 Å². The molecule has 3 rings (SSSR count). The summed E-state index contributed by atoms with van der Waals surface area (Å²) in [5.74, 6) is 0.996. The van der Waals surface area contributed by atoms with Gasteiger partial charge in [0.05, 0.1) is 5.75 Å². The molecular formula is C19H18IN3O2S. The SMILES string of the molecule is CC(Cc1nnc(SCC(=O)Nc2cccc(I)c2)o1)c1ccccc1. The molecule has 0 fully saturated rings. The monoisotopic (exact) mass is 479 g/mol. The minimum Gasteiger partial charge on any atom is -0.416 e. The van der Waals surface area contributed by atoms with Crippen molar-refractivity contribution in [3.05, 3.63) is 69.6 Å². The molecule has 0 bridgehead atoms. The van der Waals surface area contributed by atoms with Crippen molar-refractivity contribution < 1.29 is 9.21 Å². The lowest BCUT2D eigenvalue weighted by molar-refractivity contribution is -0.113. The van der Waals surface area contributed by atoms with E-state index >= 15 is 0 Å². The lowest BCUT2D eigenvalue weighted by atomic mass is 9.98. The van der Waals surface area contributed by atoms with E-state index in [-0.39, 0.29) is 11.7 Å². The number of thioether (sulfide) groups is 1. The minimum atomic E-state index is -0.102. The van der Waals surface area contributed by atoms with Crippen LogP contribution in [0.2, 0.25) is 0 Å². The summed E-state index contributed by atoms with van der Waals surface area (Å²) in [5.41, 5.74) is 2.02. The number of amides is 1. The second-order valence-electron chi connectivity index (χ2n) is 5.82. The first-order valence-electron chi connectivity index (χ1n) is 8.15. The molecule has 1 aromatic heterocycles. The molecule has 1 heterocycles. The highest BCUT2D eigenvalue weighted by Crippen LogP contribution is 2.22. The second kappa shape index (κ2) is 9.18. The number of carbonyl (C=O) groups is 1. The van der Waals surface area contributed by atoms with E-state index in [1.54, 1.807) is 0 Å². The molecule has 0 radical (unpaired) electrons. The van der Waals surface area contributed by atoms with E-state index in [1.807, 2.05) is 42.5 Å². The molecule has 0 aliphatic rings. The van der Waals surface area contributed by atoms with Crippen LogP contribution in [0, 0.1) is 3.57 Å². The third kappa shape index (κ3) is 5.57. The summed E-state index contributed by atoms with van der Waals surface area (Å²) in [7, 11) is 0. The molecule has 1 atom stereocenters. The third-order valence-electron chi connectivity index (χ3n) is 3.73. The number of halogens is 1. The smallest absolute Gasteiger partial charge is 0.277 e. The first kappa shape index (κ1) is 18.9. The van der Waals surface area contributed by atoms with Gasteiger partial charge in [0.2, 0.25) is 11.8 Å². The zero-order valence-electron chi connectivity index (χ0n) is 14.2. The molecule has 1 amide bonds. The molecule has 1 N–H and O–H groups in total. The van der Waals surface area contributed by atoms with Gasteiger partial charge < -0.3 is 9.73 Å². The zero-order valence-corrected chi connectivity index (χ0v) is 17.2. The van der Waals surface area contributed by atoms with Crippen LogP contribution in [-0.4, -0.2) is 21.9 Å². The molecule has 3 aromatic rings. The number of anilines is 1. The number of hydrogen-bond donors (Lipinski definition) is 1. The van der Waals surface area contributed by atoms with Gasteiger partial charge in [0.1, 0.15) is 0 Å². The summed E-state index contributed by atoms with van der Waals surface area (Å²) in [6.45, 7) is 2.13. The highest BCUT2D eigenvalue weighted by Gasteiger charge is 2.13. The predicted octanol–water partition coefficient (Wildman–Crippen LogP) is 4.75.